The van der Waals surface area contributed by atoms with Gasteiger partial charge in [0.05, 0.1) is 4.90 Å². The Kier molecular flexibility index (Phi) is 4.79. The first kappa shape index (κ1) is 16.5. The van der Waals surface area contributed by atoms with Crippen molar-refractivity contribution in [1.29, 1.82) is 0 Å². The molecule has 0 aliphatic heterocycles. The first-order valence-corrected chi connectivity index (χ1v) is 9.32. The predicted octanol–water partition coefficient (Wildman–Crippen LogP) is 3.78. The van der Waals surface area contributed by atoms with Crippen LogP contribution in [0.3, 0.4) is 0 Å². The van der Waals surface area contributed by atoms with Gasteiger partial charge in [0.2, 0.25) is 10.0 Å². The molecule has 1 fully saturated rings. The third kappa shape index (κ3) is 3.32. The average Bonchev–Trinajstić information content (AvgIpc) is 2.39. The SMILES string of the molecule is Cc1cc(C)c(C)c(S(=O)(=O)N[C@@H]2CCCC[C@@H]2C)c1C. The van der Waals surface area contributed by atoms with Crippen LogP contribution in [0.1, 0.15) is 54.9 Å². The Balaban J connectivity index is 2.40. The van der Waals surface area contributed by atoms with Crippen molar-refractivity contribution in [3.63, 3.8) is 0 Å². The van der Waals surface area contributed by atoms with E-state index in [1.807, 2.05) is 27.7 Å². The Bertz CT molecular complexity index is 608. The summed E-state index contributed by atoms with van der Waals surface area (Å²) in [7, 11) is -3.45. The second-order valence-electron chi connectivity index (χ2n) is 6.58. The summed E-state index contributed by atoms with van der Waals surface area (Å²) in [5.41, 5.74) is 3.81. The van der Waals surface area contributed by atoms with E-state index < -0.39 is 10.0 Å². The molecule has 1 saturated carbocycles. The van der Waals surface area contributed by atoms with Crippen LogP contribution >= 0.6 is 0 Å². The maximum atomic E-state index is 12.9. The van der Waals surface area contributed by atoms with E-state index in [1.54, 1.807) is 0 Å². The first-order chi connectivity index (χ1) is 9.74. The maximum absolute atomic E-state index is 12.9. The summed E-state index contributed by atoms with van der Waals surface area (Å²) in [5, 5.41) is 0. The largest absolute Gasteiger partial charge is 0.241 e. The summed E-state index contributed by atoms with van der Waals surface area (Å²) >= 11 is 0. The molecule has 0 amide bonds. The molecule has 118 valence electrons. The maximum Gasteiger partial charge on any atom is 0.241 e. The smallest absolute Gasteiger partial charge is 0.208 e. The fourth-order valence-electron chi connectivity index (χ4n) is 3.33. The molecule has 3 nitrogen and oxygen atoms in total. The molecule has 0 radical (unpaired) electrons. The Hall–Kier alpha value is -0.870. The molecule has 0 heterocycles. The molecule has 1 N–H and O–H groups in total. The van der Waals surface area contributed by atoms with E-state index in [4.69, 9.17) is 0 Å². The lowest BCUT2D eigenvalue weighted by Gasteiger charge is -2.30. The minimum absolute atomic E-state index is 0.0726. The minimum atomic E-state index is -3.45. The van der Waals surface area contributed by atoms with Crippen molar-refractivity contribution < 1.29 is 8.42 Å². The molecule has 2 rings (SSSR count). The molecule has 1 aliphatic rings. The molecule has 0 aromatic heterocycles. The third-order valence-electron chi connectivity index (χ3n) is 4.98. The average molecular weight is 309 g/mol. The Morgan fingerprint density at radius 1 is 1.00 bits per heavy atom. The van der Waals surface area contributed by atoms with E-state index in [0.29, 0.717) is 10.8 Å². The van der Waals surface area contributed by atoms with Crippen LogP contribution in [0.5, 0.6) is 0 Å². The number of benzene rings is 1. The number of hydrogen-bond acceptors (Lipinski definition) is 2. The monoisotopic (exact) mass is 309 g/mol. The molecule has 0 bridgehead atoms. The zero-order valence-corrected chi connectivity index (χ0v) is 14.6. The summed E-state index contributed by atoms with van der Waals surface area (Å²) in [4.78, 5) is 0.484. The van der Waals surface area contributed by atoms with E-state index >= 15 is 0 Å². The highest BCUT2D eigenvalue weighted by atomic mass is 32.2. The summed E-state index contributed by atoms with van der Waals surface area (Å²) in [6, 6.07) is 2.13. The molecule has 1 aliphatic carbocycles. The fourth-order valence-corrected chi connectivity index (χ4v) is 5.33. The molecule has 1 aromatic carbocycles. The van der Waals surface area contributed by atoms with Crippen LogP contribution in [-0.2, 0) is 10.0 Å². The lowest BCUT2D eigenvalue weighted by Crippen LogP contribution is -2.41. The molecule has 1 aromatic rings. The summed E-state index contributed by atoms with van der Waals surface area (Å²) in [5.74, 6) is 0.417. The Morgan fingerprint density at radius 2 is 1.52 bits per heavy atom. The summed E-state index contributed by atoms with van der Waals surface area (Å²) in [6.45, 7) is 9.91. The third-order valence-corrected chi connectivity index (χ3v) is 6.75. The van der Waals surface area contributed by atoms with E-state index in [9.17, 15) is 8.42 Å². The highest BCUT2D eigenvalue weighted by Gasteiger charge is 2.29. The van der Waals surface area contributed by atoms with Crippen molar-refractivity contribution >= 4 is 10.0 Å². The van der Waals surface area contributed by atoms with Crippen LogP contribution in [0.4, 0.5) is 0 Å². The van der Waals surface area contributed by atoms with Gasteiger partial charge in [-0.15, -0.1) is 0 Å². The van der Waals surface area contributed by atoms with Crippen molar-refractivity contribution in [1.82, 2.24) is 4.72 Å². The van der Waals surface area contributed by atoms with Crippen LogP contribution in [0.25, 0.3) is 0 Å². The number of nitrogens with one attached hydrogen (secondary N) is 1. The topological polar surface area (TPSA) is 46.2 Å². The summed E-state index contributed by atoms with van der Waals surface area (Å²) in [6.07, 6.45) is 4.38. The fraction of sp³-hybridized carbons (Fsp3) is 0.647. The highest BCUT2D eigenvalue weighted by Crippen LogP contribution is 2.29. The zero-order chi connectivity index (χ0) is 15.8. The van der Waals surface area contributed by atoms with Gasteiger partial charge in [0.1, 0.15) is 0 Å². The van der Waals surface area contributed by atoms with Crippen LogP contribution in [0.2, 0.25) is 0 Å². The van der Waals surface area contributed by atoms with Gasteiger partial charge in [-0.2, -0.15) is 0 Å². The first-order valence-electron chi connectivity index (χ1n) is 7.83. The molecular weight excluding hydrogens is 282 g/mol. The number of aryl methyl sites for hydroxylation is 2. The van der Waals surface area contributed by atoms with E-state index in [-0.39, 0.29) is 6.04 Å². The van der Waals surface area contributed by atoms with Crippen LogP contribution in [0, 0.1) is 33.6 Å². The molecule has 0 spiro atoms. The van der Waals surface area contributed by atoms with E-state index in [1.165, 1.54) is 6.42 Å². The lowest BCUT2D eigenvalue weighted by atomic mass is 9.87. The molecule has 2 atom stereocenters. The Morgan fingerprint density at radius 3 is 2.05 bits per heavy atom. The van der Waals surface area contributed by atoms with Gasteiger partial charge in [-0.3, -0.25) is 0 Å². The normalized spacial score (nSPS) is 23.3. The molecular formula is C17H27NO2S. The number of sulfonamides is 1. The molecule has 0 saturated heterocycles. The number of hydrogen-bond donors (Lipinski definition) is 1. The van der Waals surface area contributed by atoms with Crippen molar-refractivity contribution in [3.8, 4) is 0 Å². The van der Waals surface area contributed by atoms with Crippen molar-refractivity contribution in [2.75, 3.05) is 0 Å². The van der Waals surface area contributed by atoms with Gasteiger partial charge in [-0.05, 0) is 68.7 Å². The van der Waals surface area contributed by atoms with Crippen molar-refractivity contribution in [3.05, 3.63) is 28.3 Å². The van der Waals surface area contributed by atoms with Gasteiger partial charge >= 0.3 is 0 Å². The zero-order valence-electron chi connectivity index (χ0n) is 13.8. The Labute approximate surface area is 129 Å². The predicted molar refractivity (Wildman–Crippen MR) is 87.1 cm³/mol. The molecule has 4 heteroatoms. The van der Waals surface area contributed by atoms with Gasteiger partial charge in [-0.25, -0.2) is 13.1 Å². The van der Waals surface area contributed by atoms with Crippen LogP contribution in [-0.4, -0.2) is 14.5 Å². The van der Waals surface area contributed by atoms with Gasteiger partial charge in [0.15, 0.2) is 0 Å². The van der Waals surface area contributed by atoms with Crippen molar-refractivity contribution in [2.45, 2.75) is 71.2 Å². The number of rotatable bonds is 3. The highest BCUT2D eigenvalue weighted by molar-refractivity contribution is 7.89. The van der Waals surface area contributed by atoms with Crippen LogP contribution < -0.4 is 4.72 Å². The molecule has 21 heavy (non-hydrogen) atoms. The van der Waals surface area contributed by atoms with Gasteiger partial charge in [0.25, 0.3) is 0 Å². The van der Waals surface area contributed by atoms with Gasteiger partial charge in [0, 0.05) is 6.04 Å². The molecule has 0 unspecified atom stereocenters. The van der Waals surface area contributed by atoms with E-state index in [2.05, 4.69) is 17.7 Å². The second-order valence-corrected chi connectivity index (χ2v) is 8.23. The van der Waals surface area contributed by atoms with Crippen LogP contribution in [0.15, 0.2) is 11.0 Å². The second kappa shape index (κ2) is 6.09. The van der Waals surface area contributed by atoms with Crippen molar-refractivity contribution in [2.24, 2.45) is 5.92 Å². The minimum Gasteiger partial charge on any atom is -0.208 e. The lowest BCUT2D eigenvalue weighted by molar-refractivity contribution is 0.310. The standard InChI is InChI=1S/C17H27NO2S/c1-11-8-6-7-9-16(11)18-21(19,20)17-14(4)12(2)10-13(3)15(17)5/h10-11,16,18H,6-9H2,1-5H3/t11-,16+/m0/s1. The van der Waals surface area contributed by atoms with E-state index in [0.717, 1.165) is 41.5 Å². The van der Waals surface area contributed by atoms with Gasteiger partial charge in [-0.1, -0.05) is 25.8 Å². The quantitative estimate of drug-likeness (QED) is 0.923. The summed E-state index contributed by atoms with van der Waals surface area (Å²) < 4.78 is 28.7. The van der Waals surface area contributed by atoms with Gasteiger partial charge < -0.3 is 0 Å².